The lowest BCUT2D eigenvalue weighted by Gasteiger charge is -2.19. The number of rotatable bonds is 5. The van der Waals surface area contributed by atoms with Gasteiger partial charge in [-0.15, -0.1) is 0 Å². The van der Waals surface area contributed by atoms with E-state index in [0.717, 1.165) is 11.3 Å². The molecule has 2 N–H and O–H groups in total. The number of fused-ring (bicyclic) bond motifs is 1. The summed E-state index contributed by atoms with van der Waals surface area (Å²) in [6.45, 7) is 3.85. The summed E-state index contributed by atoms with van der Waals surface area (Å²) in [4.78, 5) is 11.9. The highest BCUT2D eigenvalue weighted by molar-refractivity contribution is 5.89. The molecule has 0 radical (unpaired) electrons. The number of carbonyl (C=O) groups is 1. The Kier molecular flexibility index (Phi) is 5.05. The van der Waals surface area contributed by atoms with Crippen molar-refractivity contribution in [3.63, 3.8) is 0 Å². The second-order valence-corrected chi connectivity index (χ2v) is 5.35. The fourth-order valence-electron chi connectivity index (χ4n) is 2.34. The Morgan fingerprint density at radius 1 is 1.12 bits per heavy atom. The third-order valence-electron chi connectivity index (χ3n) is 3.54. The number of urea groups is 1. The minimum absolute atomic E-state index is 0.292. The van der Waals surface area contributed by atoms with Crippen molar-refractivity contribution in [2.75, 3.05) is 31.7 Å². The molecular formula is C18H20N2O4. The molecule has 0 unspecified atom stereocenters. The first kappa shape index (κ1) is 16.0. The highest BCUT2D eigenvalue weighted by Gasteiger charge is 2.12. The minimum Gasteiger partial charge on any atom is -0.491 e. The molecule has 0 aliphatic carbocycles. The molecule has 0 bridgehead atoms. The number of ether oxygens (including phenoxy) is 3. The smallest absolute Gasteiger partial charge is 0.319 e. The fraction of sp³-hybridized carbons (Fsp3) is 0.278. The van der Waals surface area contributed by atoms with Crippen LogP contribution in [0, 0.1) is 6.92 Å². The van der Waals surface area contributed by atoms with Crippen molar-refractivity contribution in [2.45, 2.75) is 6.92 Å². The van der Waals surface area contributed by atoms with Gasteiger partial charge in [0.15, 0.2) is 11.5 Å². The van der Waals surface area contributed by atoms with Crippen molar-refractivity contribution in [1.82, 2.24) is 5.32 Å². The van der Waals surface area contributed by atoms with Crippen LogP contribution in [0.4, 0.5) is 10.5 Å². The zero-order chi connectivity index (χ0) is 16.8. The number of amides is 2. The van der Waals surface area contributed by atoms with Gasteiger partial charge in [0.2, 0.25) is 0 Å². The molecule has 0 saturated carbocycles. The summed E-state index contributed by atoms with van der Waals surface area (Å²) in [6, 6.07) is 12.8. The molecule has 0 fully saturated rings. The average Bonchev–Trinajstić information content (AvgIpc) is 2.60. The first-order valence-electron chi connectivity index (χ1n) is 7.85. The summed E-state index contributed by atoms with van der Waals surface area (Å²) in [7, 11) is 0. The summed E-state index contributed by atoms with van der Waals surface area (Å²) in [6.07, 6.45) is 0. The standard InChI is InChI=1S/C18H20N2O4/c1-13-4-2-3-5-15(13)22-9-8-19-18(21)20-14-6-7-16-17(12-14)24-11-10-23-16/h2-7,12H,8-11H2,1H3,(H2,19,20,21). The Labute approximate surface area is 140 Å². The molecule has 2 amide bonds. The third-order valence-corrected chi connectivity index (χ3v) is 3.54. The van der Waals surface area contributed by atoms with Gasteiger partial charge < -0.3 is 24.8 Å². The van der Waals surface area contributed by atoms with E-state index in [4.69, 9.17) is 14.2 Å². The van der Waals surface area contributed by atoms with Gasteiger partial charge in [-0.25, -0.2) is 4.79 Å². The first-order chi connectivity index (χ1) is 11.7. The molecule has 1 aliphatic heterocycles. The molecule has 0 saturated heterocycles. The molecule has 6 heteroatoms. The molecule has 0 atom stereocenters. The van der Waals surface area contributed by atoms with E-state index < -0.39 is 0 Å². The van der Waals surface area contributed by atoms with Gasteiger partial charge in [0.1, 0.15) is 25.6 Å². The number of carbonyl (C=O) groups excluding carboxylic acids is 1. The SMILES string of the molecule is Cc1ccccc1OCCNC(=O)Nc1ccc2c(c1)OCCO2. The summed E-state index contributed by atoms with van der Waals surface area (Å²) < 4.78 is 16.6. The zero-order valence-corrected chi connectivity index (χ0v) is 13.5. The first-order valence-corrected chi connectivity index (χ1v) is 7.85. The van der Waals surface area contributed by atoms with Crippen molar-refractivity contribution in [2.24, 2.45) is 0 Å². The predicted octanol–water partition coefficient (Wildman–Crippen LogP) is 2.97. The Hall–Kier alpha value is -2.89. The molecule has 2 aromatic carbocycles. The highest BCUT2D eigenvalue weighted by Crippen LogP contribution is 2.32. The predicted molar refractivity (Wildman–Crippen MR) is 91.1 cm³/mol. The van der Waals surface area contributed by atoms with Gasteiger partial charge in [0.25, 0.3) is 0 Å². The van der Waals surface area contributed by atoms with Crippen molar-refractivity contribution < 1.29 is 19.0 Å². The number of para-hydroxylation sites is 1. The van der Waals surface area contributed by atoms with Crippen LogP contribution in [0.1, 0.15) is 5.56 Å². The van der Waals surface area contributed by atoms with E-state index in [1.165, 1.54) is 0 Å². The maximum absolute atomic E-state index is 11.9. The lowest BCUT2D eigenvalue weighted by atomic mass is 10.2. The molecule has 0 aromatic heterocycles. The van der Waals surface area contributed by atoms with Gasteiger partial charge in [-0.3, -0.25) is 0 Å². The summed E-state index contributed by atoms with van der Waals surface area (Å²) in [5.41, 5.74) is 1.72. The van der Waals surface area contributed by atoms with Crippen LogP contribution in [0.15, 0.2) is 42.5 Å². The van der Waals surface area contributed by atoms with Gasteiger partial charge in [0, 0.05) is 11.8 Å². The molecule has 24 heavy (non-hydrogen) atoms. The van der Waals surface area contributed by atoms with Crippen molar-refractivity contribution in [3.8, 4) is 17.2 Å². The average molecular weight is 328 g/mol. The van der Waals surface area contributed by atoms with Crippen LogP contribution in [0.25, 0.3) is 0 Å². The molecule has 1 aliphatic rings. The summed E-state index contributed by atoms with van der Waals surface area (Å²) >= 11 is 0. The van der Waals surface area contributed by atoms with E-state index in [1.807, 2.05) is 31.2 Å². The van der Waals surface area contributed by atoms with E-state index in [0.29, 0.717) is 43.6 Å². The zero-order valence-electron chi connectivity index (χ0n) is 13.5. The van der Waals surface area contributed by atoms with E-state index in [2.05, 4.69) is 10.6 Å². The van der Waals surface area contributed by atoms with E-state index in [-0.39, 0.29) is 6.03 Å². The van der Waals surface area contributed by atoms with Crippen LogP contribution in [-0.4, -0.2) is 32.4 Å². The molecule has 0 spiro atoms. The third kappa shape index (κ3) is 4.10. The van der Waals surface area contributed by atoms with Crippen LogP contribution in [-0.2, 0) is 0 Å². The van der Waals surface area contributed by atoms with Crippen LogP contribution < -0.4 is 24.8 Å². The second kappa shape index (κ2) is 7.59. The number of nitrogens with one attached hydrogen (secondary N) is 2. The fourth-order valence-corrected chi connectivity index (χ4v) is 2.34. The number of hydrogen-bond acceptors (Lipinski definition) is 4. The largest absolute Gasteiger partial charge is 0.491 e. The van der Waals surface area contributed by atoms with Gasteiger partial charge in [0.05, 0.1) is 6.54 Å². The van der Waals surface area contributed by atoms with Gasteiger partial charge in [-0.05, 0) is 30.7 Å². The topological polar surface area (TPSA) is 68.8 Å². The molecule has 2 aromatic rings. The molecule has 1 heterocycles. The maximum Gasteiger partial charge on any atom is 0.319 e. The number of benzene rings is 2. The second-order valence-electron chi connectivity index (χ2n) is 5.35. The van der Waals surface area contributed by atoms with Gasteiger partial charge >= 0.3 is 6.03 Å². The van der Waals surface area contributed by atoms with E-state index in [9.17, 15) is 4.79 Å². The molecule has 6 nitrogen and oxygen atoms in total. The van der Waals surface area contributed by atoms with Crippen molar-refractivity contribution >= 4 is 11.7 Å². The van der Waals surface area contributed by atoms with Crippen LogP contribution in [0.3, 0.4) is 0 Å². The summed E-state index contributed by atoms with van der Waals surface area (Å²) in [5.74, 6) is 2.16. The molecular weight excluding hydrogens is 308 g/mol. The number of anilines is 1. The van der Waals surface area contributed by atoms with Crippen molar-refractivity contribution in [3.05, 3.63) is 48.0 Å². The Bertz CT molecular complexity index is 718. The lowest BCUT2D eigenvalue weighted by molar-refractivity contribution is 0.171. The number of aryl methyl sites for hydroxylation is 1. The lowest BCUT2D eigenvalue weighted by Crippen LogP contribution is -2.32. The Balaban J connectivity index is 1.43. The van der Waals surface area contributed by atoms with Crippen LogP contribution >= 0.6 is 0 Å². The number of hydrogen-bond donors (Lipinski definition) is 2. The van der Waals surface area contributed by atoms with E-state index in [1.54, 1.807) is 18.2 Å². The maximum atomic E-state index is 11.9. The highest BCUT2D eigenvalue weighted by atomic mass is 16.6. The monoisotopic (exact) mass is 328 g/mol. The molecule has 3 rings (SSSR count). The normalized spacial score (nSPS) is 12.4. The summed E-state index contributed by atoms with van der Waals surface area (Å²) in [5, 5.41) is 5.51. The van der Waals surface area contributed by atoms with Crippen molar-refractivity contribution in [1.29, 1.82) is 0 Å². The van der Waals surface area contributed by atoms with Crippen LogP contribution in [0.5, 0.6) is 17.2 Å². The Morgan fingerprint density at radius 2 is 1.92 bits per heavy atom. The van der Waals surface area contributed by atoms with Gasteiger partial charge in [-0.2, -0.15) is 0 Å². The Morgan fingerprint density at radius 3 is 2.75 bits per heavy atom. The van der Waals surface area contributed by atoms with E-state index >= 15 is 0 Å². The quantitative estimate of drug-likeness (QED) is 0.828. The van der Waals surface area contributed by atoms with Gasteiger partial charge in [-0.1, -0.05) is 18.2 Å². The minimum atomic E-state index is -0.292. The molecule has 126 valence electrons. The van der Waals surface area contributed by atoms with Crippen LogP contribution in [0.2, 0.25) is 0 Å².